The van der Waals surface area contributed by atoms with Gasteiger partial charge in [-0.2, -0.15) is 5.26 Å². The lowest BCUT2D eigenvalue weighted by Crippen LogP contribution is -2.00. The summed E-state index contributed by atoms with van der Waals surface area (Å²) in [6.07, 6.45) is 3.15. The summed E-state index contributed by atoms with van der Waals surface area (Å²) in [5.74, 6) is 1.36. The quantitative estimate of drug-likeness (QED) is 0.709. The number of aromatic nitrogens is 4. The van der Waals surface area contributed by atoms with Crippen molar-refractivity contribution in [3.8, 4) is 17.4 Å². The van der Waals surface area contributed by atoms with E-state index in [2.05, 4.69) is 15.1 Å². The molecule has 0 bridgehead atoms. The van der Waals surface area contributed by atoms with E-state index >= 15 is 0 Å². The highest BCUT2D eigenvalue weighted by molar-refractivity contribution is 5.55. The number of hydrogen-bond donors (Lipinski definition) is 0. The van der Waals surface area contributed by atoms with Gasteiger partial charge < -0.3 is 4.42 Å². The van der Waals surface area contributed by atoms with Crippen molar-refractivity contribution in [2.24, 2.45) is 0 Å². The van der Waals surface area contributed by atoms with Gasteiger partial charge in [0.05, 0.1) is 6.20 Å². The molecule has 3 aromatic rings. The second kappa shape index (κ2) is 4.74. The second-order valence-corrected chi connectivity index (χ2v) is 3.86. The Morgan fingerprint density at radius 2 is 2.05 bits per heavy atom. The largest absolute Gasteiger partial charge is 0.439 e. The zero-order valence-corrected chi connectivity index (χ0v) is 9.89. The molecule has 19 heavy (non-hydrogen) atoms. The molecule has 2 heterocycles. The molecule has 0 aliphatic heterocycles. The van der Waals surface area contributed by atoms with E-state index in [0.29, 0.717) is 18.2 Å². The van der Waals surface area contributed by atoms with E-state index in [9.17, 15) is 0 Å². The minimum Gasteiger partial charge on any atom is -0.439 e. The van der Waals surface area contributed by atoms with E-state index in [0.717, 1.165) is 5.56 Å². The van der Waals surface area contributed by atoms with Crippen LogP contribution in [0.4, 0.5) is 0 Å². The fourth-order valence-corrected chi connectivity index (χ4v) is 1.68. The molecule has 1 aromatic carbocycles. The molecule has 3 rings (SSSR count). The van der Waals surface area contributed by atoms with Gasteiger partial charge in [-0.1, -0.05) is 30.3 Å². The fourth-order valence-electron chi connectivity index (χ4n) is 1.68. The first kappa shape index (κ1) is 11.2. The van der Waals surface area contributed by atoms with E-state index in [1.54, 1.807) is 6.20 Å². The molecule has 0 saturated heterocycles. The molecular formula is C13H9N5O. The predicted octanol–water partition coefficient (Wildman–Crippen LogP) is 1.85. The van der Waals surface area contributed by atoms with Crippen LogP contribution in [0.25, 0.3) is 11.3 Å². The third kappa shape index (κ3) is 2.35. The summed E-state index contributed by atoms with van der Waals surface area (Å²) < 4.78 is 7.15. The first-order chi connectivity index (χ1) is 9.35. The summed E-state index contributed by atoms with van der Waals surface area (Å²) in [6, 6.07) is 11.6. The van der Waals surface area contributed by atoms with Crippen LogP contribution < -0.4 is 0 Å². The summed E-state index contributed by atoms with van der Waals surface area (Å²) >= 11 is 0. The van der Waals surface area contributed by atoms with Gasteiger partial charge in [0.15, 0.2) is 5.76 Å². The second-order valence-electron chi connectivity index (χ2n) is 3.86. The van der Waals surface area contributed by atoms with Gasteiger partial charge in [-0.05, 0) is 0 Å². The average molecular weight is 251 g/mol. The molecule has 0 amide bonds. The first-order valence-corrected chi connectivity index (χ1v) is 5.65. The lowest BCUT2D eigenvalue weighted by Gasteiger charge is -1.96. The summed E-state index contributed by atoms with van der Waals surface area (Å²) in [7, 11) is 0. The Bertz CT molecular complexity index is 723. The van der Waals surface area contributed by atoms with Crippen LogP contribution in [-0.2, 0) is 6.54 Å². The Labute approximate surface area is 109 Å². The maximum absolute atomic E-state index is 8.64. The third-order valence-electron chi connectivity index (χ3n) is 2.55. The highest BCUT2D eigenvalue weighted by Gasteiger charge is 2.07. The Kier molecular flexibility index (Phi) is 2.79. The molecular weight excluding hydrogens is 242 g/mol. The van der Waals surface area contributed by atoms with E-state index in [1.807, 2.05) is 36.4 Å². The van der Waals surface area contributed by atoms with Crippen molar-refractivity contribution in [2.45, 2.75) is 6.54 Å². The number of rotatable bonds is 3. The first-order valence-electron chi connectivity index (χ1n) is 5.65. The molecule has 6 heteroatoms. The number of nitrogens with zero attached hydrogens (tertiary/aromatic N) is 5. The summed E-state index contributed by atoms with van der Waals surface area (Å²) in [5.41, 5.74) is 0.970. The van der Waals surface area contributed by atoms with Gasteiger partial charge in [-0.3, -0.25) is 0 Å². The van der Waals surface area contributed by atoms with Crippen molar-refractivity contribution in [1.82, 2.24) is 19.7 Å². The van der Waals surface area contributed by atoms with Crippen LogP contribution in [0.3, 0.4) is 0 Å². The smallest absolute Gasteiger partial charge is 0.252 e. The minimum absolute atomic E-state index is 0.134. The number of hydrogen-bond acceptors (Lipinski definition) is 5. The molecule has 92 valence electrons. The molecule has 0 aliphatic carbocycles. The molecule has 0 saturated carbocycles. The van der Waals surface area contributed by atoms with Crippen LogP contribution in [0.2, 0.25) is 0 Å². The molecule has 0 spiro atoms. The zero-order chi connectivity index (χ0) is 13.1. The van der Waals surface area contributed by atoms with Crippen LogP contribution in [0.1, 0.15) is 11.7 Å². The number of oxazole rings is 1. The monoisotopic (exact) mass is 251 g/mol. The molecule has 2 aromatic heterocycles. The predicted molar refractivity (Wildman–Crippen MR) is 65.8 cm³/mol. The van der Waals surface area contributed by atoms with Gasteiger partial charge in [0, 0.05) is 5.56 Å². The van der Waals surface area contributed by atoms with Gasteiger partial charge in [0.25, 0.3) is 5.82 Å². The molecule has 0 fully saturated rings. The van der Waals surface area contributed by atoms with Gasteiger partial charge in [0.2, 0.25) is 5.89 Å². The van der Waals surface area contributed by atoms with E-state index in [-0.39, 0.29) is 5.82 Å². The van der Waals surface area contributed by atoms with Crippen molar-refractivity contribution in [1.29, 1.82) is 5.26 Å². The summed E-state index contributed by atoms with van der Waals surface area (Å²) in [6.45, 7) is 0.349. The topological polar surface area (TPSA) is 80.5 Å². The fraction of sp³-hybridized carbons (Fsp3) is 0.0769. The lowest BCUT2D eigenvalue weighted by molar-refractivity contribution is 0.473. The van der Waals surface area contributed by atoms with E-state index < -0.39 is 0 Å². The SMILES string of the molecule is N#Cc1ncn(Cc2ncc(-c3ccccc3)o2)n1. The van der Waals surface area contributed by atoms with Crippen molar-refractivity contribution in [3.63, 3.8) is 0 Å². The van der Waals surface area contributed by atoms with Gasteiger partial charge >= 0.3 is 0 Å². The molecule has 0 aliphatic rings. The summed E-state index contributed by atoms with van der Waals surface area (Å²) in [5, 5.41) is 12.6. The molecule has 0 unspecified atom stereocenters. The maximum atomic E-state index is 8.64. The van der Waals surface area contributed by atoms with Crippen LogP contribution in [-0.4, -0.2) is 19.7 Å². The van der Waals surface area contributed by atoms with Crippen molar-refractivity contribution in [3.05, 3.63) is 54.6 Å². The highest BCUT2D eigenvalue weighted by atomic mass is 16.4. The lowest BCUT2D eigenvalue weighted by atomic mass is 10.2. The average Bonchev–Trinajstić information content (AvgIpc) is 3.09. The van der Waals surface area contributed by atoms with Crippen LogP contribution >= 0.6 is 0 Å². The van der Waals surface area contributed by atoms with Crippen molar-refractivity contribution >= 4 is 0 Å². The van der Waals surface area contributed by atoms with Crippen LogP contribution in [0, 0.1) is 11.3 Å². The molecule has 6 nitrogen and oxygen atoms in total. The summed E-state index contributed by atoms with van der Waals surface area (Å²) in [4.78, 5) is 8.00. The Morgan fingerprint density at radius 1 is 1.21 bits per heavy atom. The minimum atomic E-state index is 0.134. The van der Waals surface area contributed by atoms with Gasteiger partial charge in [-0.25, -0.2) is 14.6 Å². The third-order valence-corrected chi connectivity index (χ3v) is 2.55. The molecule has 0 N–H and O–H groups in total. The highest BCUT2D eigenvalue weighted by Crippen LogP contribution is 2.19. The molecule has 0 atom stereocenters. The van der Waals surface area contributed by atoms with Crippen LogP contribution in [0.15, 0.2) is 47.3 Å². The normalized spacial score (nSPS) is 10.3. The Balaban J connectivity index is 1.80. The Morgan fingerprint density at radius 3 is 2.79 bits per heavy atom. The van der Waals surface area contributed by atoms with Gasteiger partial charge in [-0.15, -0.1) is 5.10 Å². The number of nitriles is 1. The van der Waals surface area contributed by atoms with E-state index in [4.69, 9.17) is 9.68 Å². The standard InChI is InChI=1S/C13H9N5O/c14-6-12-16-9-18(17-12)8-13-15-7-11(19-13)10-4-2-1-3-5-10/h1-5,7,9H,8H2. The zero-order valence-electron chi connectivity index (χ0n) is 9.89. The maximum Gasteiger partial charge on any atom is 0.252 e. The van der Waals surface area contributed by atoms with Crippen molar-refractivity contribution in [2.75, 3.05) is 0 Å². The van der Waals surface area contributed by atoms with Gasteiger partial charge in [0.1, 0.15) is 18.9 Å². The Hall–Kier alpha value is -2.94. The number of benzene rings is 1. The van der Waals surface area contributed by atoms with Crippen LogP contribution in [0.5, 0.6) is 0 Å². The molecule has 0 radical (unpaired) electrons. The van der Waals surface area contributed by atoms with E-state index in [1.165, 1.54) is 11.0 Å². The van der Waals surface area contributed by atoms with Crippen molar-refractivity contribution < 1.29 is 4.42 Å².